The van der Waals surface area contributed by atoms with Gasteiger partial charge in [0.1, 0.15) is 17.9 Å². The lowest BCUT2D eigenvalue weighted by Crippen LogP contribution is -3.00. The first-order chi connectivity index (χ1) is 14.4. The maximum absolute atomic E-state index is 5.84. The molecule has 0 radical (unpaired) electrons. The quantitative estimate of drug-likeness (QED) is 0.313. The van der Waals surface area contributed by atoms with E-state index in [1.54, 1.807) is 0 Å². The normalized spacial score (nSPS) is 10.8. The summed E-state index contributed by atoms with van der Waals surface area (Å²) >= 11 is 0. The van der Waals surface area contributed by atoms with Gasteiger partial charge in [0.25, 0.3) is 6.73 Å². The van der Waals surface area contributed by atoms with Crippen LogP contribution in [0.25, 0.3) is 11.0 Å². The van der Waals surface area contributed by atoms with Crippen LogP contribution in [0.15, 0.2) is 48.8 Å². The fourth-order valence-electron chi connectivity index (χ4n) is 3.42. The summed E-state index contributed by atoms with van der Waals surface area (Å²) in [5.74, 6) is 0. The predicted octanol–water partition coefficient (Wildman–Crippen LogP) is 1.91. The van der Waals surface area contributed by atoms with Crippen LogP contribution in [0.4, 0.5) is 5.69 Å². The Morgan fingerprint density at radius 1 is 0.967 bits per heavy atom. The lowest BCUT2D eigenvalue weighted by atomic mass is 10.1. The van der Waals surface area contributed by atoms with Crippen LogP contribution < -0.4 is 22.3 Å². The van der Waals surface area contributed by atoms with Crippen LogP contribution in [-0.2, 0) is 18.1 Å². The van der Waals surface area contributed by atoms with Gasteiger partial charge in [0.05, 0.1) is 12.1 Å². The van der Waals surface area contributed by atoms with Gasteiger partial charge in [-0.3, -0.25) is 0 Å². The molecule has 1 N–H and O–H groups in total. The van der Waals surface area contributed by atoms with E-state index in [-0.39, 0.29) is 12.4 Å². The van der Waals surface area contributed by atoms with E-state index in [0.717, 1.165) is 29.7 Å². The average Bonchev–Trinajstić information content (AvgIpc) is 3.17. The zero-order chi connectivity index (χ0) is 20.2. The zero-order valence-corrected chi connectivity index (χ0v) is 18.7. The van der Waals surface area contributed by atoms with Crippen molar-refractivity contribution in [2.45, 2.75) is 71.7 Å². The molecule has 1 aromatic carbocycles. The van der Waals surface area contributed by atoms with Gasteiger partial charge in [-0.1, -0.05) is 69.2 Å². The van der Waals surface area contributed by atoms with Crippen molar-refractivity contribution in [1.29, 1.82) is 0 Å². The Labute approximate surface area is 186 Å². The lowest BCUT2D eigenvalue weighted by molar-refractivity contribution is -0.732. The largest absolute Gasteiger partial charge is 1.00 e. The highest BCUT2D eigenvalue weighted by molar-refractivity contribution is 5.73. The van der Waals surface area contributed by atoms with Gasteiger partial charge in [0, 0.05) is 6.07 Å². The molecule has 30 heavy (non-hydrogen) atoms. The minimum absolute atomic E-state index is 0. The highest BCUT2D eigenvalue weighted by Gasteiger charge is 2.05. The molecule has 2 aromatic heterocycles. The Balaban J connectivity index is 0.00000320. The van der Waals surface area contributed by atoms with Crippen molar-refractivity contribution in [2.24, 2.45) is 0 Å². The van der Waals surface area contributed by atoms with E-state index in [1.807, 2.05) is 47.3 Å². The van der Waals surface area contributed by atoms with Crippen molar-refractivity contribution in [3.8, 4) is 0 Å². The minimum atomic E-state index is 0. The molecule has 0 saturated carbocycles. The van der Waals surface area contributed by atoms with Crippen LogP contribution in [0, 0.1) is 0 Å². The molecule has 0 amide bonds. The summed E-state index contributed by atoms with van der Waals surface area (Å²) in [7, 11) is 0. The molecular weight excluding hydrogens is 398 g/mol. The fourth-order valence-corrected chi connectivity index (χ4v) is 3.42. The summed E-state index contributed by atoms with van der Waals surface area (Å²) in [5.41, 5.74) is 2.96. The van der Waals surface area contributed by atoms with Crippen molar-refractivity contribution in [2.75, 3.05) is 11.9 Å². The van der Waals surface area contributed by atoms with Crippen molar-refractivity contribution in [1.82, 2.24) is 15.0 Å². The van der Waals surface area contributed by atoms with Gasteiger partial charge in [0.15, 0.2) is 12.4 Å². The number of hydrogen-bond acceptors (Lipinski definition) is 4. The van der Waals surface area contributed by atoms with E-state index < -0.39 is 0 Å². The number of benzene rings is 1. The Morgan fingerprint density at radius 2 is 1.73 bits per heavy atom. The van der Waals surface area contributed by atoms with Crippen molar-refractivity contribution < 1.29 is 21.7 Å². The molecule has 6 nitrogen and oxygen atoms in total. The first kappa shape index (κ1) is 24.1. The smallest absolute Gasteiger partial charge is 0.252 e. The number of nitrogens with zero attached hydrogens (tertiary/aromatic N) is 4. The molecule has 0 aliphatic heterocycles. The lowest BCUT2D eigenvalue weighted by Gasteiger charge is -2.06. The third-order valence-corrected chi connectivity index (χ3v) is 5.09. The number of ether oxygens (including phenoxy) is 1. The first-order valence-corrected chi connectivity index (χ1v) is 11.0. The van der Waals surface area contributed by atoms with E-state index in [1.165, 1.54) is 44.9 Å². The first-order valence-electron chi connectivity index (χ1n) is 11.0. The van der Waals surface area contributed by atoms with Crippen LogP contribution in [0.1, 0.15) is 58.3 Å². The highest BCUT2D eigenvalue weighted by atomic mass is 35.5. The standard InChI is InChI=1S/C23H34N5O.ClH/c1-2-3-4-5-6-7-8-11-17-29-20-27-16-12-13-21(18-27)24-19-28-23-15-10-9-14-22(23)25-26-28;/h9-10,12-16,18,24H,2-8,11,17,19-20H2,1H3;1H/q+1;/p-1. The number of rotatable bonds is 14. The van der Waals surface area contributed by atoms with Crippen LogP contribution in [0.5, 0.6) is 0 Å². The van der Waals surface area contributed by atoms with Crippen LogP contribution in [0.2, 0.25) is 0 Å². The molecule has 0 spiro atoms. The predicted molar refractivity (Wildman–Crippen MR) is 116 cm³/mol. The van der Waals surface area contributed by atoms with Gasteiger partial charge < -0.3 is 22.5 Å². The van der Waals surface area contributed by atoms with E-state index in [2.05, 4.69) is 33.3 Å². The molecule has 0 fully saturated rings. The Bertz CT molecular complexity index is 854. The summed E-state index contributed by atoms with van der Waals surface area (Å²) in [6, 6.07) is 12.1. The zero-order valence-electron chi connectivity index (χ0n) is 18.0. The minimum Gasteiger partial charge on any atom is -1.00 e. The second-order valence-electron chi connectivity index (χ2n) is 7.53. The average molecular weight is 432 g/mol. The number of pyridine rings is 1. The number of unbranched alkanes of at least 4 members (excludes halogenated alkanes) is 7. The second-order valence-corrected chi connectivity index (χ2v) is 7.53. The number of nitrogens with one attached hydrogen (secondary N) is 1. The van der Waals surface area contributed by atoms with Crippen molar-refractivity contribution in [3.05, 3.63) is 48.8 Å². The summed E-state index contributed by atoms with van der Waals surface area (Å²) in [6.45, 7) is 4.24. The maximum Gasteiger partial charge on any atom is 0.252 e. The van der Waals surface area contributed by atoms with Gasteiger partial charge in [-0.05, 0) is 24.6 Å². The third kappa shape index (κ3) is 7.92. The number of para-hydroxylation sites is 1. The monoisotopic (exact) mass is 431 g/mol. The number of halogens is 1. The summed E-state index contributed by atoms with van der Waals surface area (Å²) < 4.78 is 9.76. The van der Waals surface area contributed by atoms with Gasteiger partial charge in [-0.25, -0.2) is 4.68 Å². The maximum atomic E-state index is 5.84. The molecule has 3 aromatic rings. The topological polar surface area (TPSA) is 55.9 Å². The van der Waals surface area contributed by atoms with E-state index >= 15 is 0 Å². The SMILES string of the molecule is CCCCCCCCCCOC[n+]1cccc(NCn2nnc3ccccc32)c1.[Cl-]. The number of aromatic nitrogens is 4. The highest BCUT2D eigenvalue weighted by Crippen LogP contribution is 2.11. The molecule has 0 aliphatic rings. The van der Waals surface area contributed by atoms with Gasteiger partial charge in [-0.2, -0.15) is 4.57 Å². The summed E-state index contributed by atoms with van der Waals surface area (Å²) in [6.07, 6.45) is 14.7. The summed E-state index contributed by atoms with van der Waals surface area (Å²) in [5, 5.41) is 11.8. The van der Waals surface area contributed by atoms with Crippen LogP contribution in [0.3, 0.4) is 0 Å². The molecular formula is C23H34ClN5O. The van der Waals surface area contributed by atoms with E-state index in [0.29, 0.717) is 13.4 Å². The van der Waals surface area contributed by atoms with E-state index in [9.17, 15) is 0 Å². The Kier molecular flexibility index (Phi) is 11.2. The van der Waals surface area contributed by atoms with Crippen molar-refractivity contribution >= 4 is 16.7 Å². The molecule has 2 heterocycles. The summed E-state index contributed by atoms with van der Waals surface area (Å²) in [4.78, 5) is 0. The van der Waals surface area contributed by atoms with Crippen LogP contribution >= 0.6 is 0 Å². The van der Waals surface area contributed by atoms with E-state index in [4.69, 9.17) is 4.74 Å². The van der Waals surface area contributed by atoms with Gasteiger partial charge in [0.2, 0.25) is 0 Å². The molecule has 0 aliphatic carbocycles. The molecule has 0 bridgehead atoms. The molecule has 0 unspecified atom stereocenters. The number of hydrogen-bond donors (Lipinski definition) is 1. The van der Waals surface area contributed by atoms with Crippen molar-refractivity contribution in [3.63, 3.8) is 0 Å². The van der Waals surface area contributed by atoms with Crippen LogP contribution in [-0.4, -0.2) is 21.6 Å². The van der Waals surface area contributed by atoms with Gasteiger partial charge >= 0.3 is 0 Å². The second kappa shape index (κ2) is 13.9. The number of anilines is 1. The Hall–Kier alpha value is -2.18. The third-order valence-electron chi connectivity index (χ3n) is 5.09. The molecule has 0 saturated heterocycles. The van der Waals surface area contributed by atoms with Gasteiger partial charge in [-0.15, -0.1) is 5.10 Å². The molecule has 0 atom stereocenters. The molecule has 7 heteroatoms. The fraction of sp³-hybridized carbons (Fsp3) is 0.522. The molecule has 164 valence electrons. The Morgan fingerprint density at radius 3 is 2.57 bits per heavy atom. The molecule has 3 rings (SSSR count). The number of fused-ring (bicyclic) bond motifs is 1.